The molecule has 1 unspecified atom stereocenters. The highest BCUT2D eigenvalue weighted by Crippen LogP contribution is 2.36. The Bertz CT molecular complexity index is 591. The van der Waals surface area contributed by atoms with Crippen LogP contribution in [0.3, 0.4) is 0 Å². The van der Waals surface area contributed by atoms with E-state index in [9.17, 15) is 0 Å². The van der Waals surface area contributed by atoms with E-state index in [-0.39, 0.29) is 6.23 Å². The molecule has 0 saturated carbocycles. The molecule has 0 N–H and O–H groups in total. The maximum absolute atomic E-state index is 5.75. The molecule has 0 aliphatic carbocycles. The number of para-hydroxylation sites is 1. The van der Waals surface area contributed by atoms with Crippen LogP contribution in [0.4, 0.5) is 0 Å². The summed E-state index contributed by atoms with van der Waals surface area (Å²) >= 11 is 3.51. The van der Waals surface area contributed by atoms with Crippen LogP contribution in [0.2, 0.25) is 0 Å². The van der Waals surface area contributed by atoms with E-state index in [2.05, 4.69) is 21.0 Å². The Morgan fingerprint density at radius 3 is 3.05 bits per heavy atom. The van der Waals surface area contributed by atoms with E-state index in [1.54, 1.807) is 7.11 Å². The van der Waals surface area contributed by atoms with E-state index in [4.69, 9.17) is 9.47 Å². The minimum atomic E-state index is 0.0654. The third kappa shape index (κ3) is 2.60. The van der Waals surface area contributed by atoms with Gasteiger partial charge in [-0.3, -0.25) is 0 Å². The van der Waals surface area contributed by atoms with Gasteiger partial charge in [0.25, 0.3) is 0 Å². The van der Waals surface area contributed by atoms with Crippen LogP contribution in [0.15, 0.2) is 35.1 Å². The highest BCUT2D eigenvalue weighted by atomic mass is 79.9. The molecule has 5 heteroatoms. The van der Waals surface area contributed by atoms with Crippen LogP contribution in [0.25, 0.3) is 11.1 Å². The molecule has 0 spiro atoms. The van der Waals surface area contributed by atoms with Gasteiger partial charge >= 0.3 is 0 Å². The summed E-state index contributed by atoms with van der Waals surface area (Å²) in [6.45, 7) is 0.820. The number of aromatic nitrogens is 2. The van der Waals surface area contributed by atoms with Crippen LogP contribution >= 0.6 is 15.9 Å². The lowest BCUT2D eigenvalue weighted by atomic mass is 10.1. The Kier molecular flexibility index (Phi) is 4.08. The predicted octanol–water partition coefficient (Wildman–Crippen LogP) is 4.02. The smallest absolute Gasteiger partial charge is 0.150 e. The van der Waals surface area contributed by atoms with Crippen LogP contribution < -0.4 is 4.74 Å². The lowest BCUT2D eigenvalue weighted by Crippen LogP contribution is -2.18. The Labute approximate surface area is 126 Å². The number of methoxy groups -OCH3 is 1. The van der Waals surface area contributed by atoms with Crippen molar-refractivity contribution in [1.82, 2.24) is 9.78 Å². The summed E-state index contributed by atoms with van der Waals surface area (Å²) in [5.74, 6) is 0.830. The zero-order valence-electron chi connectivity index (χ0n) is 11.4. The molecule has 3 rings (SSSR count). The van der Waals surface area contributed by atoms with Gasteiger partial charge < -0.3 is 9.47 Å². The van der Waals surface area contributed by atoms with Crippen molar-refractivity contribution >= 4 is 15.9 Å². The van der Waals surface area contributed by atoms with E-state index in [1.807, 2.05) is 35.3 Å². The van der Waals surface area contributed by atoms with Gasteiger partial charge in [0.05, 0.1) is 17.8 Å². The molecule has 0 radical (unpaired) electrons. The molecule has 1 aliphatic rings. The molecule has 2 heterocycles. The Morgan fingerprint density at radius 2 is 2.30 bits per heavy atom. The zero-order chi connectivity index (χ0) is 13.9. The predicted molar refractivity (Wildman–Crippen MR) is 80.8 cm³/mol. The van der Waals surface area contributed by atoms with Crippen molar-refractivity contribution < 1.29 is 9.47 Å². The number of nitrogens with zero attached hydrogens (tertiary/aromatic N) is 2. The first-order valence-corrected chi connectivity index (χ1v) is 7.57. The maximum atomic E-state index is 5.75. The first-order chi connectivity index (χ1) is 9.79. The molecule has 0 amide bonds. The van der Waals surface area contributed by atoms with Crippen molar-refractivity contribution in [2.45, 2.75) is 25.5 Å². The molecule has 1 saturated heterocycles. The van der Waals surface area contributed by atoms with E-state index < -0.39 is 0 Å². The molecular weight excluding hydrogens is 320 g/mol. The third-order valence-corrected chi connectivity index (χ3v) is 4.16. The van der Waals surface area contributed by atoms with E-state index in [1.165, 1.54) is 6.42 Å². The highest BCUT2D eigenvalue weighted by Gasteiger charge is 2.18. The Morgan fingerprint density at radius 1 is 1.40 bits per heavy atom. The topological polar surface area (TPSA) is 36.3 Å². The summed E-state index contributed by atoms with van der Waals surface area (Å²) in [6, 6.07) is 6.00. The van der Waals surface area contributed by atoms with Gasteiger partial charge in [0.2, 0.25) is 0 Å². The lowest BCUT2D eigenvalue weighted by Gasteiger charge is -2.22. The molecule has 2 aromatic rings. The fourth-order valence-corrected chi connectivity index (χ4v) is 3.04. The number of hydrogen-bond acceptors (Lipinski definition) is 3. The number of benzene rings is 1. The number of hydrogen-bond donors (Lipinski definition) is 0. The van der Waals surface area contributed by atoms with Crippen molar-refractivity contribution in [1.29, 1.82) is 0 Å². The summed E-state index contributed by atoms with van der Waals surface area (Å²) in [6.07, 6.45) is 7.32. The van der Waals surface area contributed by atoms with Gasteiger partial charge in [-0.25, -0.2) is 4.68 Å². The summed E-state index contributed by atoms with van der Waals surface area (Å²) in [4.78, 5) is 0. The van der Waals surface area contributed by atoms with Crippen LogP contribution in [0, 0.1) is 0 Å². The van der Waals surface area contributed by atoms with Gasteiger partial charge in [0, 0.05) is 23.9 Å². The average Bonchev–Trinajstić information content (AvgIpc) is 2.97. The normalized spacial score (nSPS) is 19.0. The van der Waals surface area contributed by atoms with Crippen LogP contribution in [-0.2, 0) is 4.74 Å². The second kappa shape index (κ2) is 5.97. The van der Waals surface area contributed by atoms with Crippen molar-refractivity contribution in [3.05, 3.63) is 35.1 Å². The molecule has 1 aromatic heterocycles. The van der Waals surface area contributed by atoms with Crippen LogP contribution in [0.5, 0.6) is 5.75 Å². The standard InChI is InChI=1S/C15H17BrN2O2/c1-19-15-12(5-4-6-13(15)16)11-9-17-18(10-11)14-7-2-3-8-20-14/h4-6,9-10,14H,2-3,7-8H2,1H3. The molecule has 0 bridgehead atoms. The van der Waals surface area contributed by atoms with Gasteiger partial charge in [-0.05, 0) is 41.3 Å². The summed E-state index contributed by atoms with van der Waals surface area (Å²) in [7, 11) is 1.68. The second-order valence-electron chi connectivity index (χ2n) is 4.85. The minimum Gasteiger partial charge on any atom is -0.495 e. The van der Waals surface area contributed by atoms with Crippen LogP contribution in [-0.4, -0.2) is 23.5 Å². The molecular formula is C15H17BrN2O2. The van der Waals surface area contributed by atoms with Gasteiger partial charge in [-0.2, -0.15) is 5.10 Å². The fourth-order valence-electron chi connectivity index (χ4n) is 2.51. The first-order valence-electron chi connectivity index (χ1n) is 6.78. The first kappa shape index (κ1) is 13.6. The molecule has 106 valence electrons. The largest absolute Gasteiger partial charge is 0.495 e. The summed E-state index contributed by atoms with van der Waals surface area (Å²) in [5.41, 5.74) is 2.07. The van der Waals surface area contributed by atoms with Crippen molar-refractivity contribution in [2.24, 2.45) is 0 Å². The summed E-state index contributed by atoms with van der Waals surface area (Å²) < 4.78 is 14.1. The van der Waals surface area contributed by atoms with Gasteiger partial charge in [0.15, 0.2) is 0 Å². The molecule has 1 atom stereocenters. The lowest BCUT2D eigenvalue weighted by molar-refractivity contribution is -0.0394. The van der Waals surface area contributed by atoms with E-state index >= 15 is 0 Å². The van der Waals surface area contributed by atoms with E-state index in [0.717, 1.165) is 40.8 Å². The minimum absolute atomic E-state index is 0.0654. The van der Waals surface area contributed by atoms with Gasteiger partial charge in [-0.15, -0.1) is 0 Å². The number of halogens is 1. The van der Waals surface area contributed by atoms with E-state index in [0.29, 0.717) is 0 Å². The molecule has 1 aliphatic heterocycles. The highest BCUT2D eigenvalue weighted by molar-refractivity contribution is 9.10. The monoisotopic (exact) mass is 336 g/mol. The Balaban J connectivity index is 1.92. The number of ether oxygens (including phenoxy) is 2. The third-order valence-electron chi connectivity index (χ3n) is 3.53. The second-order valence-corrected chi connectivity index (χ2v) is 5.71. The molecule has 4 nitrogen and oxygen atoms in total. The van der Waals surface area contributed by atoms with Crippen molar-refractivity contribution in [3.63, 3.8) is 0 Å². The SMILES string of the molecule is COc1c(Br)cccc1-c1cnn(C2CCCCO2)c1. The van der Waals surface area contributed by atoms with Gasteiger partial charge in [-0.1, -0.05) is 12.1 Å². The molecule has 1 fully saturated rings. The maximum Gasteiger partial charge on any atom is 0.150 e. The number of rotatable bonds is 3. The van der Waals surface area contributed by atoms with Crippen molar-refractivity contribution in [2.75, 3.05) is 13.7 Å². The van der Waals surface area contributed by atoms with Crippen molar-refractivity contribution in [3.8, 4) is 16.9 Å². The average molecular weight is 337 g/mol. The Hall–Kier alpha value is -1.33. The molecule has 1 aromatic carbocycles. The quantitative estimate of drug-likeness (QED) is 0.849. The molecule has 20 heavy (non-hydrogen) atoms. The van der Waals surface area contributed by atoms with Gasteiger partial charge in [0.1, 0.15) is 12.0 Å². The van der Waals surface area contributed by atoms with Crippen LogP contribution in [0.1, 0.15) is 25.5 Å². The summed E-state index contributed by atoms with van der Waals surface area (Å²) in [5, 5.41) is 4.44. The zero-order valence-corrected chi connectivity index (χ0v) is 13.0. The fraction of sp³-hybridized carbons (Fsp3) is 0.400.